The molecule has 16 heavy (non-hydrogen) atoms. The lowest BCUT2D eigenvalue weighted by Gasteiger charge is -2.13. The minimum Gasteiger partial charge on any atom is -0.456 e. The Balaban J connectivity index is 2.35. The van der Waals surface area contributed by atoms with Gasteiger partial charge in [-0.2, -0.15) is 0 Å². The molecule has 0 spiro atoms. The molecule has 0 aliphatic rings. The van der Waals surface area contributed by atoms with Crippen LogP contribution in [0.5, 0.6) is 0 Å². The van der Waals surface area contributed by atoms with Crippen molar-refractivity contribution in [1.29, 1.82) is 0 Å². The Kier molecular flexibility index (Phi) is 4.55. The van der Waals surface area contributed by atoms with Crippen molar-refractivity contribution in [2.24, 2.45) is 5.92 Å². The van der Waals surface area contributed by atoms with Gasteiger partial charge in [0.05, 0.1) is 6.10 Å². The third kappa shape index (κ3) is 4.06. The fourth-order valence-electron chi connectivity index (χ4n) is 1.48. The minimum absolute atomic E-state index is 0.261. The Bertz CT molecular complexity index is 344. The second-order valence-electron chi connectivity index (χ2n) is 4.40. The van der Waals surface area contributed by atoms with Gasteiger partial charge in [0.2, 0.25) is 0 Å². The molecule has 1 aromatic rings. The molecule has 4 heteroatoms. The smallest absolute Gasteiger partial charge is 0.287 e. The molecule has 1 aromatic heterocycles. The van der Waals surface area contributed by atoms with Crippen molar-refractivity contribution < 1.29 is 14.3 Å². The van der Waals surface area contributed by atoms with E-state index in [0.29, 0.717) is 18.1 Å². The van der Waals surface area contributed by atoms with Gasteiger partial charge in [-0.25, -0.2) is 0 Å². The quantitative estimate of drug-likeness (QED) is 0.802. The topological polar surface area (TPSA) is 62.5 Å². The van der Waals surface area contributed by atoms with Gasteiger partial charge in [0.15, 0.2) is 5.76 Å². The summed E-state index contributed by atoms with van der Waals surface area (Å²) in [5.74, 6) is 1.12. The fraction of sp³-hybridized carbons (Fsp3) is 0.583. The van der Waals surface area contributed by atoms with E-state index in [1.807, 2.05) is 13.8 Å². The maximum absolute atomic E-state index is 11.5. The number of carbonyl (C=O) groups excluding carboxylic acids is 1. The van der Waals surface area contributed by atoms with Gasteiger partial charge in [0.1, 0.15) is 5.76 Å². The van der Waals surface area contributed by atoms with E-state index < -0.39 is 6.10 Å². The highest BCUT2D eigenvalue weighted by Crippen LogP contribution is 2.07. The van der Waals surface area contributed by atoms with Gasteiger partial charge in [-0.1, -0.05) is 13.8 Å². The van der Waals surface area contributed by atoms with Crippen LogP contribution in [0.2, 0.25) is 0 Å². The van der Waals surface area contributed by atoms with Gasteiger partial charge < -0.3 is 14.8 Å². The third-order valence-electron chi connectivity index (χ3n) is 2.21. The van der Waals surface area contributed by atoms with Crippen LogP contribution in [0.3, 0.4) is 0 Å². The average Bonchev–Trinajstić information content (AvgIpc) is 2.60. The Labute approximate surface area is 95.7 Å². The second kappa shape index (κ2) is 5.70. The van der Waals surface area contributed by atoms with E-state index >= 15 is 0 Å². The highest BCUT2D eigenvalue weighted by Gasteiger charge is 2.12. The number of hydrogen-bond donors (Lipinski definition) is 2. The lowest BCUT2D eigenvalue weighted by Crippen LogP contribution is -2.32. The molecule has 1 unspecified atom stereocenters. The van der Waals surface area contributed by atoms with Crippen LogP contribution in [0.4, 0.5) is 0 Å². The predicted molar refractivity (Wildman–Crippen MR) is 61.2 cm³/mol. The highest BCUT2D eigenvalue weighted by molar-refractivity contribution is 5.91. The van der Waals surface area contributed by atoms with E-state index in [-0.39, 0.29) is 18.2 Å². The summed E-state index contributed by atoms with van der Waals surface area (Å²) in [6.45, 7) is 6.10. The van der Waals surface area contributed by atoms with E-state index in [0.717, 1.165) is 0 Å². The van der Waals surface area contributed by atoms with Crippen LogP contribution >= 0.6 is 0 Å². The van der Waals surface area contributed by atoms with Crippen LogP contribution in [0.25, 0.3) is 0 Å². The van der Waals surface area contributed by atoms with E-state index in [1.165, 1.54) is 0 Å². The second-order valence-corrected chi connectivity index (χ2v) is 4.40. The molecule has 0 fully saturated rings. The monoisotopic (exact) mass is 225 g/mol. The molecule has 0 aromatic carbocycles. The molecule has 1 amide bonds. The first-order valence-electron chi connectivity index (χ1n) is 5.51. The zero-order valence-electron chi connectivity index (χ0n) is 9.99. The first kappa shape index (κ1) is 12.8. The van der Waals surface area contributed by atoms with Crippen LogP contribution < -0.4 is 5.32 Å². The number of rotatable bonds is 5. The molecule has 0 aliphatic carbocycles. The molecular weight excluding hydrogens is 206 g/mol. The number of amides is 1. The molecule has 90 valence electrons. The zero-order chi connectivity index (χ0) is 12.1. The van der Waals surface area contributed by atoms with Crippen molar-refractivity contribution in [3.05, 3.63) is 23.7 Å². The molecule has 0 saturated heterocycles. The number of carbonyl (C=O) groups is 1. The van der Waals surface area contributed by atoms with Gasteiger partial charge in [-0.15, -0.1) is 0 Å². The number of hydrogen-bond acceptors (Lipinski definition) is 3. The summed E-state index contributed by atoms with van der Waals surface area (Å²) < 4.78 is 5.16. The first-order chi connectivity index (χ1) is 7.49. The van der Waals surface area contributed by atoms with E-state index in [2.05, 4.69) is 5.32 Å². The Morgan fingerprint density at radius 2 is 2.19 bits per heavy atom. The predicted octanol–water partition coefficient (Wildman–Crippen LogP) is 1.72. The van der Waals surface area contributed by atoms with E-state index in [9.17, 15) is 9.90 Å². The van der Waals surface area contributed by atoms with Gasteiger partial charge >= 0.3 is 0 Å². The summed E-state index contributed by atoms with van der Waals surface area (Å²) in [6.07, 6.45) is 0.178. The molecule has 2 N–H and O–H groups in total. The van der Waals surface area contributed by atoms with Crippen molar-refractivity contribution in [2.45, 2.75) is 33.3 Å². The third-order valence-corrected chi connectivity index (χ3v) is 2.21. The van der Waals surface area contributed by atoms with Gasteiger partial charge in [0.25, 0.3) is 5.91 Å². The minimum atomic E-state index is -0.500. The molecule has 1 atom stereocenters. The fourth-order valence-corrected chi connectivity index (χ4v) is 1.48. The lowest BCUT2D eigenvalue weighted by atomic mass is 10.1. The van der Waals surface area contributed by atoms with Crippen molar-refractivity contribution in [3.63, 3.8) is 0 Å². The average molecular weight is 225 g/mol. The molecule has 0 saturated carbocycles. The Morgan fingerprint density at radius 1 is 1.50 bits per heavy atom. The van der Waals surface area contributed by atoms with Crippen LogP contribution in [-0.2, 0) is 0 Å². The van der Waals surface area contributed by atoms with E-state index in [4.69, 9.17) is 4.42 Å². The maximum Gasteiger partial charge on any atom is 0.287 e. The number of nitrogens with one attached hydrogen (secondary N) is 1. The summed E-state index contributed by atoms with van der Waals surface area (Å²) in [7, 11) is 0. The van der Waals surface area contributed by atoms with Gasteiger partial charge in [-0.05, 0) is 31.4 Å². The zero-order valence-corrected chi connectivity index (χ0v) is 9.99. The Hall–Kier alpha value is -1.29. The molecule has 1 rings (SSSR count). The molecule has 4 nitrogen and oxygen atoms in total. The Morgan fingerprint density at radius 3 is 2.69 bits per heavy atom. The summed E-state index contributed by atoms with van der Waals surface area (Å²) in [5.41, 5.74) is 0. The first-order valence-corrected chi connectivity index (χ1v) is 5.51. The lowest BCUT2D eigenvalue weighted by molar-refractivity contribution is 0.0872. The van der Waals surface area contributed by atoms with E-state index in [1.54, 1.807) is 19.1 Å². The molecule has 0 radical (unpaired) electrons. The molecule has 1 heterocycles. The molecular formula is C12H19NO3. The van der Waals surface area contributed by atoms with Gasteiger partial charge in [-0.3, -0.25) is 4.79 Å². The van der Waals surface area contributed by atoms with Crippen molar-refractivity contribution in [1.82, 2.24) is 5.32 Å². The van der Waals surface area contributed by atoms with Crippen LogP contribution in [-0.4, -0.2) is 23.7 Å². The number of aliphatic hydroxyl groups excluding tert-OH is 1. The van der Waals surface area contributed by atoms with Crippen LogP contribution in [0.15, 0.2) is 16.5 Å². The summed E-state index contributed by atoms with van der Waals surface area (Å²) >= 11 is 0. The van der Waals surface area contributed by atoms with Crippen molar-refractivity contribution in [2.75, 3.05) is 6.54 Å². The van der Waals surface area contributed by atoms with Crippen LogP contribution in [0.1, 0.15) is 36.6 Å². The van der Waals surface area contributed by atoms with Gasteiger partial charge in [0, 0.05) is 6.54 Å². The highest BCUT2D eigenvalue weighted by atomic mass is 16.3. The van der Waals surface area contributed by atoms with Crippen LogP contribution in [0, 0.1) is 12.8 Å². The maximum atomic E-state index is 11.5. The summed E-state index contributed by atoms with van der Waals surface area (Å²) in [6, 6.07) is 3.36. The SMILES string of the molecule is Cc1ccc(C(=O)NCC(O)CC(C)C)o1. The largest absolute Gasteiger partial charge is 0.456 e. The molecule has 0 bridgehead atoms. The number of furan rings is 1. The standard InChI is InChI=1S/C12H19NO3/c1-8(2)6-10(14)7-13-12(15)11-5-4-9(3)16-11/h4-5,8,10,14H,6-7H2,1-3H3,(H,13,15). The van der Waals surface area contributed by atoms with Crippen molar-refractivity contribution in [3.8, 4) is 0 Å². The summed E-state index contributed by atoms with van der Waals surface area (Å²) in [5, 5.41) is 12.2. The normalized spacial score (nSPS) is 12.8. The number of aryl methyl sites for hydroxylation is 1. The molecule has 0 aliphatic heterocycles. The van der Waals surface area contributed by atoms with Crippen molar-refractivity contribution >= 4 is 5.91 Å². The number of aliphatic hydroxyl groups is 1. The summed E-state index contributed by atoms with van der Waals surface area (Å²) in [4.78, 5) is 11.5.